The maximum atomic E-state index is 13.3. The number of nitrogens with one attached hydrogen (secondary N) is 1. The number of aromatic nitrogens is 3. The predicted molar refractivity (Wildman–Crippen MR) is 120 cm³/mol. The number of hydrogen-bond donors (Lipinski definition) is 1. The normalized spacial score (nSPS) is 10.8. The summed E-state index contributed by atoms with van der Waals surface area (Å²) in [5, 5.41) is 7.84. The van der Waals surface area contributed by atoms with Crippen LogP contribution in [0.2, 0.25) is 0 Å². The SMILES string of the molecule is COc1cc(-n2cc(C(=O)Nc3cnn(C)c3)c3ccccc3c2=O)cc(OC)c1OC. The number of benzene rings is 2. The van der Waals surface area contributed by atoms with Crippen LogP contribution in [0.4, 0.5) is 5.69 Å². The fourth-order valence-electron chi connectivity index (χ4n) is 3.55. The first-order valence-electron chi connectivity index (χ1n) is 9.71. The summed E-state index contributed by atoms with van der Waals surface area (Å²) in [5.41, 5.74) is 1.06. The minimum absolute atomic E-state index is 0.284. The number of amides is 1. The van der Waals surface area contributed by atoms with Crippen molar-refractivity contribution in [1.29, 1.82) is 0 Å². The second kappa shape index (κ2) is 8.46. The molecule has 2 aromatic carbocycles. The lowest BCUT2D eigenvalue weighted by atomic mass is 10.1. The van der Waals surface area contributed by atoms with Crippen LogP contribution >= 0.6 is 0 Å². The molecule has 0 aliphatic rings. The summed E-state index contributed by atoms with van der Waals surface area (Å²) in [6, 6.07) is 10.3. The summed E-state index contributed by atoms with van der Waals surface area (Å²) < 4.78 is 19.2. The Morgan fingerprint density at radius 1 is 0.969 bits per heavy atom. The smallest absolute Gasteiger partial charge is 0.263 e. The second-order valence-electron chi connectivity index (χ2n) is 7.00. The first kappa shape index (κ1) is 21.0. The molecule has 164 valence electrons. The minimum atomic E-state index is -0.365. The Bertz CT molecular complexity index is 1350. The van der Waals surface area contributed by atoms with Crippen LogP contribution in [0, 0.1) is 0 Å². The van der Waals surface area contributed by atoms with Gasteiger partial charge in [0.2, 0.25) is 5.75 Å². The second-order valence-corrected chi connectivity index (χ2v) is 7.00. The summed E-state index contributed by atoms with van der Waals surface area (Å²) in [6.07, 6.45) is 4.75. The fourth-order valence-corrected chi connectivity index (χ4v) is 3.55. The molecule has 0 aliphatic carbocycles. The van der Waals surface area contributed by atoms with Gasteiger partial charge in [0.15, 0.2) is 11.5 Å². The van der Waals surface area contributed by atoms with Crippen molar-refractivity contribution in [2.24, 2.45) is 7.05 Å². The van der Waals surface area contributed by atoms with E-state index in [9.17, 15) is 9.59 Å². The first-order valence-corrected chi connectivity index (χ1v) is 9.71. The van der Waals surface area contributed by atoms with Crippen molar-refractivity contribution in [2.45, 2.75) is 0 Å². The minimum Gasteiger partial charge on any atom is -0.493 e. The van der Waals surface area contributed by atoms with Crippen LogP contribution in [0.25, 0.3) is 16.5 Å². The van der Waals surface area contributed by atoms with Crippen LogP contribution in [-0.4, -0.2) is 41.6 Å². The van der Waals surface area contributed by atoms with Gasteiger partial charge >= 0.3 is 0 Å². The van der Waals surface area contributed by atoms with Gasteiger partial charge in [0.25, 0.3) is 11.5 Å². The molecule has 9 nitrogen and oxygen atoms in total. The summed E-state index contributed by atoms with van der Waals surface area (Å²) in [7, 11) is 6.26. The number of carbonyl (C=O) groups is 1. The number of anilines is 1. The number of hydrogen-bond acceptors (Lipinski definition) is 6. The predicted octanol–water partition coefficient (Wildman–Crippen LogP) is 3.00. The molecule has 0 radical (unpaired) electrons. The molecular formula is C23H22N4O5. The van der Waals surface area contributed by atoms with Crippen molar-refractivity contribution < 1.29 is 19.0 Å². The van der Waals surface area contributed by atoms with Crippen molar-refractivity contribution >= 4 is 22.4 Å². The number of ether oxygens (including phenoxy) is 3. The molecule has 4 aromatic rings. The van der Waals surface area contributed by atoms with Gasteiger partial charge in [0, 0.05) is 42.3 Å². The fraction of sp³-hybridized carbons (Fsp3) is 0.174. The lowest BCUT2D eigenvalue weighted by Gasteiger charge is -2.16. The summed E-state index contributed by atoms with van der Waals surface area (Å²) >= 11 is 0. The quantitative estimate of drug-likeness (QED) is 0.501. The van der Waals surface area contributed by atoms with Gasteiger partial charge in [0.1, 0.15) is 0 Å². The van der Waals surface area contributed by atoms with E-state index in [0.717, 1.165) is 0 Å². The third-order valence-corrected chi connectivity index (χ3v) is 5.06. The molecular weight excluding hydrogens is 412 g/mol. The maximum absolute atomic E-state index is 13.3. The highest BCUT2D eigenvalue weighted by Crippen LogP contribution is 2.39. The van der Waals surface area contributed by atoms with Crippen LogP contribution in [0.1, 0.15) is 10.4 Å². The maximum Gasteiger partial charge on any atom is 0.263 e. The molecule has 32 heavy (non-hydrogen) atoms. The zero-order valence-corrected chi connectivity index (χ0v) is 18.1. The number of rotatable bonds is 6. The van der Waals surface area contributed by atoms with E-state index in [4.69, 9.17) is 14.2 Å². The Morgan fingerprint density at radius 2 is 1.62 bits per heavy atom. The zero-order chi connectivity index (χ0) is 22.8. The standard InChI is InChI=1S/C23H22N4O5/c1-26-12-14(11-24-26)25-22(28)18-13-27(23(29)17-8-6-5-7-16(17)18)15-9-19(30-2)21(32-4)20(10-15)31-3/h5-13H,1-4H3,(H,25,28). The van der Waals surface area contributed by atoms with E-state index in [2.05, 4.69) is 10.4 Å². The van der Waals surface area contributed by atoms with E-state index in [0.29, 0.717) is 45.0 Å². The molecule has 2 aromatic heterocycles. The molecule has 0 fully saturated rings. The Kier molecular flexibility index (Phi) is 5.55. The third kappa shape index (κ3) is 3.64. The van der Waals surface area contributed by atoms with Gasteiger partial charge in [0.05, 0.1) is 44.5 Å². The van der Waals surface area contributed by atoms with E-state index < -0.39 is 0 Å². The number of methoxy groups -OCH3 is 3. The number of carbonyl (C=O) groups excluding carboxylic acids is 1. The Hall–Kier alpha value is -4.27. The third-order valence-electron chi connectivity index (χ3n) is 5.06. The molecule has 0 bridgehead atoms. The topological polar surface area (TPSA) is 96.6 Å². The van der Waals surface area contributed by atoms with Crippen molar-refractivity contribution in [1.82, 2.24) is 14.3 Å². The van der Waals surface area contributed by atoms with Gasteiger partial charge in [-0.15, -0.1) is 0 Å². The van der Waals surface area contributed by atoms with Crippen molar-refractivity contribution in [3.8, 4) is 22.9 Å². The van der Waals surface area contributed by atoms with Crippen LogP contribution in [0.5, 0.6) is 17.2 Å². The van der Waals surface area contributed by atoms with E-state index >= 15 is 0 Å². The number of aryl methyl sites for hydroxylation is 1. The molecule has 2 heterocycles. The van der Waals surface area contributed by atoms with Crippen molar-refractivity contribution in [2.75, 3.05) is 26.6 Å². The van der Waals surface area contributed by atoms with Crippen LogP contribution in [-0.2, 0) is 7.05 Å². The highest BCUT2D eigenvalue weighted by atomic mass is 16.5. The molecule has 0 aliphatic heterocycles. The Labute approximate surface area is 183 Å². The van der Waals surface area contributed by atoms with Crippen LogP contribution in [0.15, 0.2) is 59.8 Å². The molecule has 4 rings (SSSR count). The number of fused-ring (bicyclic) bond motifs is 1. The van der Waals surface area contributed by atoms with E-state index in [-0.39, 0.29) is 11.5 Å². The van der Waals surface area contributed by atoms with Gasteiger partial charge in [-0.25, -0.2) is 0 Å². The highest BCUT2D eigenvalue weighted by molar-refractivity contribution is 6.12. The van der Waals surface area contributed by atoms with E-state index in [1.807, 2.05) is 0 Å². The number of nitrogens with zero attached hydrogens (tertiary/aromatic N) is 3. The monoisotopic (exact) mass is 434 g/mol. The molecule has 0 saturated heterocycles. The van der Waals surface area contributed by atoms with Crippen LogP contribution < -0.4 is 25.1 Å². The molecule has 1 N–H and O–H groups in total. The molecule has 1 amide bonds. The van der Waals surface area contributed by atoms with E-state index in [1.54, 1.807) is 60.5 Å². The van der Waals surface area contributed by atoms with Gasteiger partial charge in [-0.3, -0.25) is 18.8 Å². The van der Waals surface area contributed by atoms with Gasteiger partial charge in [-0.1, -0.05) is 18.2 Å². The van der Waals surface area contributed by atoms with Crippen molar-refractivity contribution in [3.63, 3.8) is 0 Å². The van der Waals surface area contributed by atoms with Gasteiger partial charge in [-0.05, 0) is 6.07 Å². The first-order chi connectivity index (χ1) is 15.5. The lowest BCUT2D eigenvalue weighted by Crippen LogP contribution is -2.22. The Morgan fingerprint density at radius 3 is 2.19 bits per heavy atom. The molecule has 9 heteroatoms. The average molecular weight is 434 g/mol. The number of pyridine rings is 1. The summed E-state index contributed by atoms with van der Waals surface area (Å²) in [5.74, 6) is 0.823. The molecule has 0 saturated carbocycles. The highest BCUT2D eigenvalue weighted by Gasteiger charge is 2.19. The summed E-state index contributed by atoms with van der Waals surface area (Å²) in [4.78, 5) is 26.5. The molecule has 0 unspecified atom stereocenters. The summed E-state index contributed by atoms with van der Waals surface area (Å²) in [6.45, 7) is 0. The average Bonchev–Trinajstić information content (AvgIpc) is 3.22. The van der Waals surface area contributed by atoms with Gasteiger partial charge < -0.3 is 19.5 Å². The lowest BCUT2D eigenvalue weighted by molar-refractivity contribution is 0.102. The Balaban J connectivity index is 1.92. The molecule has 0 atom stereocenters. The van der Waals surface area contributed by atoms with Crippen LogP contribution in [0.3, 0.4) is 0 Å². The van der Waals surface area contributed by atoms with E-state index in [1.165, 1.54) is 32.1 Å². The van der Waals surface area contributed by atoms with Gasteiger partial charge in [-0.2, -0.15) is 5.10 Å². The molecule has 0 spiro atoms. The largest absolute Gasteiger partial charge is 0.493 e. The zero-order valence-electron chi connectivity index (χ0n) is 18.1. The van der Waals surface area contributed by atoms with Crippen molar-refractivity contribution in [3.05, 3.63) is 70.9 Å².